The third kappa shape index (κ3) is 3.16. The molecule has 0 fully saturated rings. The molecule has 4 nitrogen and oxygen atoms in total. The highest BCUT2D eigenvalue weighted by molar-refractivity contribution is 6.12. The van der Waals surface area contributed by atoms with Gasteiger partial charge in [0.1, 0.15) is 18.6 Å². The quantitative estimate of drug-likeness (QED) is 0.481. The predicted molar refractivity (Wildman–Crippen MR) is 104 cm³/mol. The van der Waals surface area contributed by atoms with Crippen LogP contribution in [0, 0.1) is 5.82 Å². The number of rotatable bonds is 3. The van der Waals surface area contributed by atoms with Crippen molar-refractivity contribution in [2.75, 3.05) is 13.7 Å². The Bertz CT molecular complexity index is 1090. The molecule has 0 saturated carbocycles. The normalized spacial score (nSPS) is 12.5. The van der Waals surface area contributed by atoms with Crippen LogP contribution in [-0.2, 0) is 4.74 Å². The van der Waals surface area contributed by atoms with Gasteiger partial charge in [0.25, 0.3) is 0 Å². The van der Waals surface area contributed by atoms with Crippen LogP contribution in [0.25, 0.3) is 0 Å². The lowest BCUT2D eigenvalue weighted by molar-refractivity contribution is -0.403. The second-order valence-corrected chi connectivity index (χ2v) is 6.42. The molecule has 140 valence electrons. The fraction of sp³-hybridized carbons (Fsp3) is 0.130. The number of nitrogens with zero attached hydrogens (tertiary/aromatic N) is 1. The van der Waals surface area contributed by atoms with Gasteiger partial charge in [-0.25, -0.2) is 9.18 Å². The topological polar surface area (TPSA) is 38.5 Å². The molecule has 1 aliphatic heterocycles. The summed E-state index contributed by atoms with van der Waals surface area (Å²) in [7, 11) is 1.91. The largest absolute Gasteiger partial charge is 0.462 e. The molecule has 0 bridgehead atoms. The number of carbonyl (C=O) groups excluding carboxylic acids is 1. The minimum absolute atomic E-state index is 0.321. The minimum Gasteiger partial charge on any atom is -0.462 e. The van der Waals surface area contributed by atoms with Gasteiger partial charge in [0.05, 0.1) is 17.7 Å². The standard InChI is InChI=1S/C23H19FNO3/c1-3-27-23(26)16-10-8-15(9-11-16)22-18-14-17(24)12-13-20(18)28-21-7-5-4-6-19(21)25(22)2/h4-14H,3H2,1-2H3/q+1. The van der Waals surface area contributed by atoms with Crippen LogP contribution in [0.5, 0.6) is 11.5 Å². The van der Waals surface area contributed by atoms with E-state index >= 15 is 0 Å². The SMILES string of the molecule is CCOC(=O)c1ccc(C2=[N+](C)c3ccccc3Oc3ccc(F)cc32)cc1. The Hall–Kier alpha value is -3.47. The number of halogens is 1. The molecule has 0 N–H and O–H groups in total. The number of hydrogen-bond donors (Lipinski definition) is 0. The summed E-state index contributed by atoms with van der Waals surface area (Å²) in [4.78, 5) is 11.9. The minimum atomic E-state index is -0.367. The van der Waals surface area contributed by atoms with Crippen LogP contribution in [0.1, 0.15) is 28.4 Å². The van der Waals surface area contributed by atoms with Gasteiger partial charge in [0.2, 0.25) is 11.4 Å². The summed E-state index contributed by atoms with van der Waals surface area (Å²) in [6, 6.07) is 19.2. The van der Waals surface area contributed by atoms with Crippen LogP contribution >= 0.6 is 0 Å². The average molecular weight is 376 g/mol. The number of benzene rings is 3. The Morgan fingerprint density at radius 1 is 1.04 bits per heavy atom. The van der Waals surface area contributed by atoms with E-state index in [4.69, 9.17) is 9.47 Å². The molecule has 28 heavy (non-hydrogen) atoms. The zero-order valence-electron chi connectivity index (χ0n) is 15.6. The molecule has 0 amide bonds. The van der Waals surface area contributed by atoms with Crippen molar-refractivity contribution < 1.29 is 23.2 Å². The Morgan fingerprint density at radius 2 is 1.79 bits per heavy atom. The third-order valence-electron chi connectivity index (χ3n) is 4.65. The number of hydrogen-bond acceptors (Lipinski definition) is 3. The van der Waals surface area contributed by atoms with Gasteiger partial charge in [-0.2, -0.15) is 4.58 Å². The molecule has 0 aromatic heterocycles. The van der Waals surface area contributed by atoms with Crippen LogP contribution in [0.15, 0.2) is 66.7 Å². The highest BCUT2D eigenvalue weighted by Gasteiger charge is 2.29. The monoisotopic (exact) mass is 376 g/mol. The van der Waals surface area contributed by atoms with Crippen LogP contribution < -0.4 is 4.74 Å². The maximum absolute atomic E-state index is 14.1. The van der Waals surface area contributed by atoms with Crippen molar-refractivity contribution in [3.05, 3.63) is 89.2 Å². The Morgan fingerprint density at radius 3 is 2.54 bits per heavy atom. The summed E-state index contributed by atoms with van der Waals surface area (Å²) in [5.41, 5.74) is 3.60. The molecular weight excluding hydrogens is 357 g/mol. The second-order valence-electron chi connectivity index (χ2n) is 6.42. The summed E-state index contributed by atoms with van der Waals surface area (Å²) >= 11 is 0. The van der Waals surface area contributed by atoms with E-state index in [-0.39, 0.29) is 11.8 Å². The van der Waals surface area contributed by atoms with E-state index in [9.17, 15) is 9.18 Å². The van der Waals surface area contributed by atoms with Crippen LogP contribution in [0.4, 0.5) is 10.1 Å². The first-order valence-electron chi connectivity index (χ1n) is 9.03. The lowest BCUT2D eigenvalue weighted by Gasteiger charge is -2.08. The van der Waals surface area contributed by atoms with E-state index in [1.807, 2.05) is 48.0 Å². The first-order chi connectivity index (χ1) is 13.6. The first kappa shape index (κ1) is 17.9. The fourth-order valence-corrected chi connectivity index (χ4v) is 3.34. The zero-order valence-corrected chi connectivity index (χ0v) is 15.6. The van der Waals surface area contributed by atoms with E-state index < -0.39 is 0 Å². The van der Waals surface area contributed by atoms with E-state index in [0.717, 1.165) is 17.0 Å². The van der Waals surface area contributed by atoms with Crippen molar-refractivity contribution >= 4 is 17.4 Å². The molecule has 0 unspecified atom stereocenters. The van der Waals surface area contributed by atoms with E-state index in [2.05, 4.69) is 0 Å². The van der Waals surface area contributed by atoms with Crippen molar-refractivity contribution in [3.63, 3.8) is 0 Å². The van der Waals surface area contributed by atoms with Crippen molar-refractivity contribution in [1.82, 2.24) is 0 Å². The Labute approximate surface area is 162 Å². The van der Waals surface area contributed by atoms with E-state index in [1.165, 1.54) is 12.1 Å². The lowest BCUT2D eigenvalue weighted by Crippen LogP contribution is -2.16. The molecule has 3 aromatic rings. The molecule has 0 radical (unpaired) electrons. The summed E-state index contributed by atoms with van der Waals surface area (Å²) in [5.74, 6) is 0.550. The van der Waals surface area contributed by atoms with Crippen molar-refractivity contribution in [1.29, 1.82) is 0 Å². The second kappa shape index (κ2) is 7.27. The molecule has 1 heterocycles. The van der Waals surface area contributed by atoms with Gasteiger partial charge in [-0.05, 0) is 55.5 Å². The van der Waals surface area contributed by atoms with Gasteiger partial charge in [-0.1, -0.05) is 12.1 Å². The van der Waals surface area contributed by atoms with Crippen molar-refractivity contribution in [2.45, 2.75) is 6.92 Å². The van der Waals surface area contributed by atoms with Crippen LogP contribution in [0.3, 0.4) is 0 Å². The van der Waals surface area contributed by atoms with Gasteiger partial charge in [-0.15, -0.1) is 0 Å². The predicted octanol–water partition coefficient (Wildman–Crippen LogP) is 4.92. The van der Waals surface area contributed by atoms with Gasteiger partial charge in [0.15, 0.2) is 5.75 Å². The van der Waals surface area contributed by atoms with E-state index in [1.54, 1.807) is 25.1 Å². The van der Waals surface area contributed by atoms with Gasteiger partial charge in [-0.3, -0.25) is 0 Å². The molecule has 4 rings (SSSR count). The highest BCUT2D eigenvalue weighted by Crippen LogP contribution is 2.38. The molecule has 5 heteroatoms. The third-order valence-corrected chi connectivity index (χ3v) is 4.65. The molecule has 0 spiro atoms. The lowest BCUT2D eigenvalue weighted by atomic mass is 9.99. The molecule has 3 aromatic carbocycles. The highest BCUT2D eigenvalue weighted by atomic mass is 19.1. The fourth-order valence-electron chi connectivity index (χ4n) is 3.34. The molecular formula is C23H19FNO3+. The van der Waals surface area contributed by atoms with E-state index in [0.29, 0.717) is 29.2 Å². The van der Waals surface area contributed by atoms with Crippen molar-refractivity contribution in [2.24, 2.45) is 0 Å². The molecule has 0 atom stereocenters. The Balaban J connectivity index is 1.91. The first-order valence-corrected chi connectivity index (χ1v) is 9.03. The smallest absolute Gasteiger partial charge is 0.338 e. The summed E-state index contributed by atoms with van der Waals surface area (Å²) in [6.45, 7) is 2.09. The number of esters is 1. The summed E-state index contributed by atoms with van der Waals surface area (Å²) in [6.07, 6.45) is 0. The maximum Gasteiger partial charge on any atom is 0.338 e. The molecule has 0 saturated heterocycles. The van der Waals surface area contributed by atoms with Gasteiger partial charge >= 0.3 is 5.97 Å². The summed E-state index contributed by atoms with van der Waals surface area (Å²) < 4.78 is 27.2. The average Bonchev–Trinajstić information content (AvgIpc) is 2.82. The number of para-hydroxylation sites is 2. The number of fused-ring (bicyclic) bond motifs is 2. The van der Waals surface area contributed by atoms with Gasteiger partial charge < -0.3 is 9.47 Å². The number of carbonyl (C=O) groups is 1. The zero-order chi connectivity index (χ0) is 19.7. The molecule has 0 aliphatic carbocycles. The van der Waals surface area contributed by atoms with Crippen LogP contribution in [0.2, 0.25) is 0 Å². The molecule has 1 aliphatic rings. The Kier molecular flexibility index (Phi) is 4.65. The van der Waals surface area contributed by atoms with Crippen LogP contribution in [-0.4, -0.2) is 29.9 Å². The maximum atomic E-state index is 14.1. The summed E-state index contributed by atoms with van der Waals surface area (Å²) in [5, 5.41) is 0. The number of ether oxygens (including phenoxy) is 2. The van der Waals surface area contributed by atoms with Gasteiger partial charge in [0, 0.05) is 11.6 Å². The van der Waals surface area contributed by atoms with Crippen molar-refractivity contribution in [3.8, 4) is 11.5 Å².